The van der Waals surface area contributed by atoms with Gasteiger partial charge in [0.2, 0.25) is 5.91 Å². The fraction of sp³-hybridized carbons (Fsp3) is 0.481. The Morgan fingerprint density at radius 3 is 2.22 bits per heavy atom. The van der Waals surface area contributed by atoms with E-state index in [1.54, 1.807) is 4.90 Å². The summed E-state index contributed by atoms with van der Waals surface area (Å²) >= 11 is 0. The van der Waals surface area contributed by atoms with Crippen LogP contribution in [-0.2, 0) is 16.0 Å². The number of amides is 2. The summed E-state index contributed by atoms with van der Waals surface area (Å²) in [6.07, 6.45) is 1.21. The number of hydrogen-bond acceptors (Lipinski definition) is 3. The summed E-state index contributed by atoms with van der Waals surface area (Å²) < 4.78 is 5.95. The second kappa shape index (κ2) is 11.7. The molecule has 0 bridgehead atoms. The number of rotatable bonds is 10. The highest BCUT2D eigenvalue weighted by atomic mass is 16.5. The number of hydrogen-bond donors (Lipinski definition) is 1. The van der Waals surface area contributed by atoms with Gasteiger partial charge in [-0.3, -0.25) is 9.59 Å². The molecule has 5 nitrogen and oxygen atoms in total. The van der Waals surface area contributed by atoms with Gasteiger partial charge < -0.3 is 15.0 Å². The molecule has 0 aromatic heterocycles. The third kappa shape index (κ3) is 7.70. The van der Waals surface area contributed by atoms with Gasteiger partial charge in [0.1, 0.15) is 11.8 Å². The second-order valence-corrected chi connectivity index (χ2v) is 9.47. The Morgan fingerprint density at radius 1 is 1.00 bits per heavy atom. The van der Waals surface area contributed by atoms with Crippen LogP contribution < -0.4 is 10.1 Å². The Labute approximate surface area is 193 Å². The first-order chi connectivity index (χ1) is 15.1. The van der Waals surface area contributed by atoms with E-state index in [0.29, 0.717) is 25.1 Å². The van der Waals surface area contributed by atoms with E-state index in [2.05, 4.69) is 19.2 Å². The van der Waals surface area contributed by atoms with Gasteiger partial charge in [0.15, 0.2) is 6.61 Å². The molecule has 0 heterocycles. The molecular formula is C27H38N2O3. The van der Waals surface area contributed by atoms with Crippen LogP contribution in [0.3, 0.4) is 0 Å². The molecule has 2 aromatic rings. The minimum absolute atomic E-state index is 0.0994. The molecule has 0 fully saturated rings. The molecule has 0 radical (unpaired) electrons. The molecule has 0 unspecified atom stereocenters. The molecule has 0 saturated carbocycles. The van der Waals surface area contributed by atoms with Crippen molar-refractivity contribution in [1.82, 2.24) is 10.2 Å². The SMILES string of the molecule is CC[C@@H](C(=O)NC(C)(C)C)N(CCc1ccccc1)C(=O)COc1ccccc1C(C)C. The Morgan fingerprint density at radius 2 is 1.62 bits per heavy atom. The lowest BCUT2D eigenvalue weighted by molar-refractivity contribution is -0.142. The fourth-order valence-corrected chi connectivity index (χ4v) is 3.66. The lowest BCUT2D eigenvalue weighted by Gasteiger charge is -2.33. The predicted molar refractivity (Wildman–Crippen MR) is 130 cm³/mol. The van der Waals surface area contributed by atoms with Gasteiger partial charge in [-0.25, -0.2) is 0 Å². The van der Waals surface area contributed by atoms with Crippen molar-refractivity contribution in [3.63, 3.8) is 0 Å². The van der Waals surface area contributed by atoms with Crippen molar-refractivity contribution in [2.45, 2.75) is 71.9 Å². The van der Waals surface area contributed by atoms with E-state index in [4.69, 9.17) is 4.74 Å². The molecule has 0 aliphatic rings. The average molecular weight is 439 g/mol. The van der Waals surface area contributed by atoms with Gasteiger partial charge in [0.05, 0.1) is 0 Å². The van der Waals surface area contributed by atoms with Crippen molar-refractivity contribution in [2.24, 2.45) is 0 Å². The molecule has 2 aromatic carbocycles. The molecule has 2 amide bonds. The molecule has 0 aliphatic carbocycles. The number of ether oxygens (including phenoxy) is 1. The van der Waals surface area contributed by atoms with Crippen LogP contribution >= 0.6 is 0 Å². The summed E-state index contributed by atoms with van der Waals surface area (Å²) in [6, 6.07) is 17.2. The molecular weight excluding hydrogens is 400 g/mol. The zero-order chi connectivity index (χ0) is 23.7. The van der Waals surface area contributed by atoms with Crippen LogP contribution in [0.4, 0.5) is 0 Å². The maximum Gasteiger partial charge on any atom is 0.261 e. The average Bonchev–Trinajstić information content (AvgIpc) is 2.74. The Hall–Kier alpha value is -2.82. The van der Waals surface area contributed by atoms with Crippen LogP contribution in [0, 0.1) is 0 Å². The Kier molecular flexibility index (Phi) is 9.30. The first-order valence-corrected chi connectivity index (χ1v) is 11.5. The van der Waals surface area contributed by atoms with Gasteiger partial charge >= 0.3 is 0 Å². The minimum atomic E-state index is -0.547. The number of para-hydroxylation sites is 1. The molecule has 2 rings (SSSR count). The molecule has 1 atom stereocenters. The summed E-state index contributed by atoms with van der Waals surface area (Å²) in [7, 11) is 0. The van der Waals surface area contributed by atoms with Crippen LogP contribution in [-0.4, -0.2) is 41.4 Å². The molecule has 0 aliphatic heterocycles. The fourth-order valence-electron chi connectivity index (χ4n) is 3.66. The Bertz CT molecular complexity index is 872. The van der Waals surface area contributed by atoms with Gasteiger partial charge in [0, 0.05) is 12.1 Å². The first-order valence-electron chi connectivity index (χ1n) is 11.5. The number of nitrogens with one attached hydrogen (secondary N) is 1. The summed E-state index contributed by atoms with van der Waals surface area (Å²) in [5, 5.41) is 3.03. The zero-order valence-corrected chi connectivity index (χ0v) is 20.4. The third-order valence-corrected chi connectivity index (χ3v) is 5.26. The molecule has 32 heavy (non-hydrogen) atoms. The third-order valence-electron chi connectivity index (χ3n) is 5.26. The van der Waals surface area contributed by atoms with E-state index < -0.39 is 6.04 Å². The minimum Gasteiger partial charge on any atom is -0.483 e. The maximum atomic E-state index is 13.3. The lowest BCUT2D eigenvalue weighted by Crippen LogP contribution is -2.54. The van der Waals surface area contributed by atoms with Gasteiger partial charge in [-0.05, 0) is 56.7 Å². The number of nitrogens with zero attached hydrogens (tertiary/aromatic N) is 1. The van der Waals surface area contributed by atoms with Crippen LogP contribution in [0.25, 0.3) is 0 Å². The predicted octanol–water partition coefficient (Wildman–Crippen LogP) is 4.95. The van der Waals surface area contributed by atoms with Crippen LogP contribution in [0.5, 0.6) is 5.75 Å². The molecule has 1 N–H and O–H groups in total. The largest absolute Gasteiger partial charge is 0.483 e. The van der Waals surface area contributed by atoms with Crippen LogP contribution in [0.15, 0.2) is 54.6 Å². The van der Waals surface area contributed by atoms with Crippen LogP contribution in [0.2, 0.25) is 0 Å². The number of benzene rings is 2. The summed E-state index contributed by atoms with van der Waals surface area (Å²) in [6.45, 7) is 12.3. The maximum absolute atomic E-state index is 13.3. The highest BCUT2D eigenvalue weighted by molar-refractivity contribution is 5.88. The molecule has 0 spiro atoms. The van der Waals surface area contributed by atoms with E-state index in [-0.39, 0.29) is 29.9 Å². The van der Waals surface area contributed by atoms with Crippen molar-refractivity contribution in [3.05, 3.63) is 65.7 Å². The van der Waals surface area contributed by atoms with E-state index in [1.165, 1.54) is 0 Å². The van der Waals surface area contributed by atoms with Crippen molar-refractivity contribution in [1.29, 1.82) is 0 Å². The molecule has 0 saturated heterocycles. The highest BCUT2D eigenvalue weighted by Gasteiger charge is 2.30. The van der Waals surface area contributed by atoms with E-state index in [0.717, 1.165) is 11.1 Å². The summed E-state index contributed by atoms with van der Waals surface area (Å²) in [5.74, 6) is 0.682. The topological polar surface area (TPSA) is 58.6 Å². The zero-order valence-electron chi connectivity index (χ0n) is 20.4. The summed E-state index contributed by atoms with van der Waals surface area (Å²) in [4.78, 5) is 28.0. The van der Waals surface area contributed by atoms with E-state index in [9.17, 15) is 9.59 Å². The van der Waals surface area contributed by atoms with Crippen LogP contribution in [0.1, 0.15) is 65.0 Å². The van der Waals surface area contributed by atoms with Crippen molar-refractivity contribution in [3.8, 4) is 5.75 Å². The van der Waals surface area contributed by atoms with Gasteiger partial charge in [-0.1, -0.05) is 69.3 Å². The van der Waals surface area contributed by atoms with E-state index in [1.807, 2.05) is 82.3 Å². The quantitative estimate of drug-likeness (QED) is 0.571. The summed E-state index contributed by atoms with van der Waals surface area (Å²) in [5.41, 5.74) is 1.82. The normalized spacial score (nSPS) is 12.3. The molecule has 5 heteroatoms. The van der Waals surface area contributed by atoms with Crippen molar-refractivity contribution < 1.29 is 14.3 Å². The first kappa shape index (κ1) is 25.4. The Balaban J connectivity index is 2.20. The van der Waals surface area contributed by atoms with Crippen molar-refractivity contribution in [2.75, 3.05) is 13.2 Å². The number of carbonyl (C=O) groups is 2. The van der Waals surface area contributed by atoms with Gasteiger partial charge in [0.25, 0.3) is 5.91 Å². The monoisotopic (exact) mass is 438 g/mol. The highest BCUT2D eigenvalue weighted by Crippen LogP contribution is 2.26. The second-order valence-electron chi connectivity index (χ2n) is 9.47. The lowest BCUT2D eigenvalue weighted by atomic mass is 10.0. The van der Waals surface area contributed by atoms with Crippen molar-refractivity contribution >= 4 is 11.8 Å². The smallest absolute Gasteiger partial charge is 0.261 e. The van der Waals surface area contributed by atoms with E-state index >= 15 is 0 Å². The van der Waals surface area contributed by atoms with Gasteiger partial charge in [-0.15, -0.1) is 0 Å². The number of carbonyl (C=O) groups excluding carboxylic acids is 2. The van der Waals surface area contributed by atoms with Gasteiger partial charge in [-0.2, -0.15) is 0 Å². The standard InChI is InChI=1S/C27H38N2O3/c1-7-23(26(31)28-27(4,5)6)29(18-17-21-13-9-8-10-14-21)25(30)19-32-24-16-12-11-15-22(24)20(2)3/h8-16,20,23H,7,17-19H2,1-6H3,(H,28,31)/t23-/m0/s1. The molecule has 174 valence electrons.